The molecule has 0 bridgehead atoms. The average Bonchev–Trinajstić information content (AvgIpc) is 2.21. The molecule has 1 aliphatic rings. The largest absolute Gasteiger partial charge is 0.281 e. The van der Waals surface area contributed by atoms with E-state index in [1.807, 2.05) is 0 Å². The molecule has 0 aromatic carbocycles. The van der Waals surface area contributed by atoms with E-state index in [1.165, 1.54) is 0 Å². The van der Waals surface area contributed by atoms with Crippen LogP contribution in [0.3, 0.4) is 0 Å². The smallest absolute Gasteiger partial charge is 0.225 e. The first-order valence-electron chi connectivity index (χ1n) is 5.30. The molecule has 0 N–H and O–H groups in total. The molecule has 0 heterocycles. The average molecular weight is 213 g/mol. The lowest BCUT2D eigenvalue weighted by molar-refractivity contribution is -0.115. The van der Waals surface area contributed by atoms with Crippen molar-refractivity contribution in [2.24, 2.45) is 5.92 Å². The third kappa shape index (κ3) is 4.61. The van der Waals surface area contributed by atoms with Crippen LogP contribution in [0.5, 0.6) is 0 Å². The normalized spacial score (nSPS) is 28.8. The number of rotatable bonds is 1. The van der Waals surface area contributed by atoms with Crippen molar-refractivity contribution >= 4 is 16.8 Å². The van der Waals surface area contributed by atoms with Crippen molar-refractivity contribution in [1.82, 2.24) is 0 Å². The van der Waals surface area contributed by atoms with Crippen molar-refractivity contribution in [2.45, 2.75) is 38.5 Å². The summed E-state index contributed by atoms with van der Waals surface area (Å²) in [5, 5.41) is -0.183. The van der Waals surface area contributed by atoms with Gasteiger partial charge in [-0.2, -0.15) is 0 Å². The van der Waals surface area contributed by atoms with Crippen LogP contribution < -0.4 is 0 Å². The summed E-state index contributed by atoms with van der Waals surface area (Å²) in [7, 11) is 0. The minimum Gasteiger partial charge on any atom is -0.281 e. The van der Waals surface area contributed by atoms with E-state index in [-0.39, 0.29) is 11.2 Å². The third-order valence-corrected chi connectivity index (χ3v) is 2.81. The van der Waals surface area contributed by atoms with E-state index in [0.29, 0.717) is 0 Å². The molecule has 0 fully saturated rings. The van der Waals surface area contributed by atoms with Gasteiger partial charge < -0.3 is 0 Å². The molecule has 1 aliphatic carbocycles. The van der Waals surface area contributed by atoms with E-state index in [2.05, 4.69) is 24.3 Å². The van der Waals surface area contributed by atoms with Gasteiger partial charge in [0.05, 0.1) is 0 Å². The highest BCUT2D eigenvalue weighted by Gasteiger charge is 2.13. The molecule has 0 aromatic rings. The third-order valence-electron chi connectivity index (χ3n) is 2.50. The molecular weight excluding hydrogens is 196 g/mol. The van der Waals surface area contributed by atoms with Gasteiger partial charge in [-0.3, -0.25) is 4.79 Å². The second-order valence-electron chi connectivity index (χ2n) is 3.69. The molecule has 0 unspecified atom stereocenters. The molecule has 0 radical (unpaired) electrons. The zero-order valence-electron chi connectivity index (χ0n) is 8.42. The van der Waals surface area contributed by atoms with Crippen molar-refractivity contribution in [3.63, 3.8) is 0 Å². The van der Waals surface area contributed by atoms with Gasteiger partial charge in [0.2, 0.25) is 5.24 Å². The second-order valence-corrected chi connectivity index (χ2v) is 4.06. The summed E-state index contributed by atoms with van der Waals surface area (Å²) in [6.07, 6.45) is 14.7. The van der Waals surface area contributed by atoms with Crippen molar-refractivity contribution in [3.8, 4) is 0 Å². The summed E-state index contributed by atoms with van der Waals surface area (Å²) < 4.78 is 0. The van der Waals surface area contributed by atoms with E-state index < -0.39 is 0 Å². The first-order chi connectivity index (χ1) is 6.80. The Morgan fingerprint density at radius 2 is 1.71 bits per heavy atom. The fourth-order valence-electron chi connectivity index (χ4n) is 1.61. The quantitative estimate of drug-likeness (QED) is 0.477. The van der Waals surface area contributed by atoms with Crippen LogP contribution in [-0.4, -0.2) is 5.24 Å². The molecule has 1 nitrogen and oxygen atoms in total. The highest BCUT2D eigenvalue weighted by molar-refractivity contribution is 6.63. The summed E-state index contributed by atoms with van der Waals surface area (Å²) in [5.41, 5.74) is 0. The second kappa shape index (κ2) is 6.83. The maximum Gasteiger partial charge on any atom is 0.225 e. The Kier molecular flexibility index (Phi) is 5.62. The zero-order chi connectivity index (χ0) is 10.2. The number of hydrogen-bond acceptors (Lipinski definition) is 1. The first-order valence-corrected chi connectivity index (χ1v) is 5.68. The molecule has 0 saturated carbocycles. The van der Waals surface area contributed by atoms with Gasteiger partial charge >= 0.3 is 0 Å². The minimum atomic E-state index is -0.183. The predicted octanol–water partition coefficient (Wildman–Crippen LogP) is 3.83. The number of allylic oxidation sites excluding steroid dienone is 4. The van der Waals surface area contributed by atoms with Crippen LogP contribution in [0.15, 0.2) is 24.3 Å². The molecule has 0 amide bonds. The van der Waals surface area contributed by atoms with Gasteiger partial charge in [-0.05, 0) is 50.1 Å². The summed E-state index contributed by atoms with van der Waals surface area (Å²) in [6.45, 7) is 0. The van der Waals surface area contributed by atoms with Crippen LogP contribution in [0.1, 0.15) is 38.5 Å². The molecule has 0 spiro atoms. The van der Waals surface area contributed by atoms with Crippen LogP contribution in [-0.2, 0) is 4.79 Å². The fraction of sp³-hybridized carbons (Fsp3) is 0.583. The van der Waals surface area contributed by atoms with Gasteiger partial charge in [-0.15, -0.1) is 0 Å². The zero-order valence-corrected chi connectivity index (χ0v) is 9.17. The van der Waals surface area contributed by atoms with E-state index in [1.54, 1.807) is 0 Å². The Balaban J connectivity index is 2.48. The van der Waals surface area contributed by atoms with Crippen molar-refractivity contribution < 1.29 is 4.79 Å². The molecule has 2 heteroatoms. The predicted molar refractivity (Wildman–Crippen MR) is 60.3 cm³/mol. The van der Waals surface area contributed by atoms with Gasteiger partial charge in [0.1, 0.15) is 0 Å². The van der Waals surface area contributed by atoms with Crippen LogP contribution in [0.2, 0.25) is 0 Å². The summed E-state index contributed by atoms with van der Waals surface area (Å²) in [6, 6.07) is 0. The molecule has 0 saturated heterocycles. The van der Waals surface area contributed by atoms with Crippen LogP contribution in [0.25, 0.3) is 0 Å². The number of carbonyl (C=O) groups is 1. The fourth-order valence-corrected chi connectivity index (χ4v) is 1.81. The van der Waals surface area contributed by atoms with Crippen molar-refractivity contribution in [1.29, 1.82) is 0 Å². The molecule has 1 atom stereocenters. The summed E-state index contributed by atoms with van der Waals surface area (Å²) in [4.78, 5) is 11.1. The van der Waals surface area contributed by atoms with E-state index in [0.717, 1.165) is 38.5 Å². The van der Waals surface area contributed by atoms with Gasteiger partial charge in [0.25, 0.3) is 0 Å². The van der Waals surface area contributed by atoms with E-state index >= 15 is 0 Å². The van der Waals surface area contributed by atoms with Crippen LogP contribution >= 0.6 is 11.6 Å². The maximum absolute atomic E-state index is 11.1. The van der Waals surface area contributed by atoms with Gasteiger partial charge in [-0.1, -0.05) is 24.3 Å². The minimum absolute atomic E-state index is 0.0272. The molecule has 78 valence electrons. The van der Waals surface area contributed by atoms with Crippen LogP contribution in [0, 0.1) is 5.92 Å². The van der Waals surface area contributed by atoms with E-state index in [9.17, 15) is 4.79 Å². The first kappa shape index (κ1) is 11.5. The highest BCUT2D eigenvalue weighted by Crippen LogP contribution is 2.18. The van der Waals surface area contributed by atoms with Gasteiger partial charge in [-0.25, -0.2) is 0 Å². The Morgan fingerprint density at radius 3 is 2.43 bits per heavy atom. The molecular formula is C12H17ClO. The Hall–Kier alpha value is -0.560. The van der Waals surface area contributed by atoms with Crippen molar-refractivity contribution in [2.75, 3.05) is 0 Å². The lowest BCUT2D eigenvalue weighted by Gasteiger charge is -2.08. The lowest BCUT2D eigenvalue weighted by Crippen LogP contribution is -2.07. The van der Waals surface area contributed by atoms with Gasteiger partial charge in [0, 0.05) is 5.92 Å². The SMILES string of the molecule is O=C(Cl)[C@H]1C/C=C/CC/C=C/CCC1. The van der Waals surface area contributed by atoms with Gasteiger partial charge in [0.15, 0.2) is 0 Å². The van der Waals surface area contributed by atoms with E-state index in [4.69, 9.17) is 11.6 Å². The number of carbonyl (C=O) groups excluding carboxylic acids is 1. The summed E-state index contributed by atoms with van der Waals surface area (Å²) >= 11 is 5.53. The lowest BCUT2D eigenvalue weighted by atomic mass is 9.99. The Labute approximate surface area is 90.8 Å². The monoisotopic (exact) mass is 212 g/mol. The molecule has 0 aliphatic heterocycles. The topological polar surface area (TPSA) is 17.1 Å². The highest BCUT2D eigenvalue weighted by atomic mass is 35.5. The number of hydrogen-bond donors (Lipinski definition) is 0. The Bertz CT molecular complexity index is 230. The summed E-state index contributed by atoms with van der Waals surface area (Å²) in [5.74, 6) is 0.0272. The van der Waals surface area contributed by atoms with Crippen LogP contribution in [0.4, 0.5) is 0 Å². The molecule has 0 aromatic heterocycles. The molecule has 1 rings (SSSR count). The maximum atomic E-state index is 11.1. The van der Waals surface area contributed by atoms with Crippen molar-refractivity contribution in [3.05, 3.63) is 24.3 Å². The standard InChI is InChI=1S/C12H17ClO/c13-12(14)11-9-7-5-3-1-2-4-6-8-10-11/h1,3,6,8,11H,2,4-5,7,9-10H2/b3-1+,8-6+/t11-/m1/s1. The molecule has 14 heavy (non-hydrogen) atoms. The number of halogens is 1. The Morgan fingerprint density at radius 1 is 1.07 bits per heavy atom.